The van der Waals surface area contributed by atoms with E-state index in [4.69, 9.17) is 5.73 Å². The van der Waals surface area contributed by atoms with Crippen molar-refractivity contribution in [2.75, 3.05) is 6.54 Å². The van der Waals surface area contributed by atoms with Gasteiger partial charge in [-0.15, -0.1) is 0 Å². The predicted molar refractivity (Wildman–Crippen MR) is 69.3 cm³/mol. The van der Waals surface area contributed by atoms with Crippen molar-refractivity contribution in [1.82, 2.24) is 0 Å². The van der Waals surface area contributed by atoms with Gasteiger partial charge in [0, 0.05) is 5.56 Å². The van der Waals surface area contributed by atoms with Gasteiger partial charge in [0.25, 0.3) is 0 Å². The van der Waals surface area contributed by atoms with E-state index in [1.54, 1.807) is 6.07 Å². The minimum Gasteiger partial charge on any atom is -0.330 e. The Balaban J connectivity index is 2.46. The van der Waals surface area contributed by atoms with Gasteiger partial charge in [0.05, 0.1) is 0 Å². The fourth-order valence-electron chi connectivity index (χ4n) is 1.93. The van der Waals surface area contributed by atoms with Gasteiger partial charge in [0.1, 0.15) is 5.82 Å². The largest absolute Gasteiger partial charge is 0.330 e. The fraction of sp³-hybridized carbons (Fsp3) is 0.200. The van der Waals surface area contributed by atoms with Crippen molar-refractivity contribution >= 4 is 0 Å². The molecule has 0 amide bonds. The van der Waals surface area contributed by atoms with Crippen molar-refractivity contribution in [3.8, 4) is 11.1 Å². The van der Waals surface area contributed by atoms with Gasteiger partial charge >= 0.3 is 0 Å². The maximum Gasteiger partial charge on any atom is 0.131 e. The summed E-state index contributed by atoms with van der Waals surface area (Å²) in [4.78, 5) is 0. The molecule has 0 aromatic heterocycles. The zero-order valence-electron chi connectivity index (χ0n) is 9.91. The van der Waals surface area contributed by atoms with E-state index < -0.39 is 0 Å². The molecule has 0 aliphatic carbocycles. The van der Waals surface area contributed by atoms with Gasteiger partial charge in [0.15, 0.2) is 0 Å². The minimum atomic E-state index is -0.184. The molecule has 0 spiro atoms. The summed E-state index contributed by atoms with van der Waals surface area (Å²) in [6, 6.07) is 13.1. The zero-order chi connectivity index (χ0) is 12.3. The van der Waals surface area contributed by atoms with E-state index in [0.717, 1.165) is 23.1 Å². The van der Waals surface area contributed by atoms with E-state index in [1.807, 2.05) is 37.3 Å². The average Bonchev–Trinajstić information content (AvgIpc) is 2.32. The molecule has 0 unspecified atom stereocenters. The van der Waals surface area contributed by atoms with E-state index in [1.165, 1.54) is 6.07 Å². The predicted octanol–water partition coefficient (Wildman–Crippen LogP) is 3.30. The summed E-state index contributed by atoms with van der Waals surface area (Å²) in [6.07, 6.45) is 0.777. The van der Waals surface area contributed by atoms with Crippen LogP contribution in [0.15, 0.2) is 42.5 Å². The molecule has 0 aliphatic rings. The fourth-order valence-corrected chi connectivity index (χ4v) is 1.93. The van der Waals surface area contributed by atoms with Crippen molar-refractivity contribution in [2.24, 2.45) is 5.73 Å². The Morgan fingerprint density at radius 2 is 1.94 bits per heavy atom. The summed E-state index contributed by atoms with van der Waals surface area (Å²) in [5.41, 5.74) is 9.29. The first-order valence-corrected chi connectivity index (χ1v) is 5.76. The number of hydrogen-bond acceptors (Lipinski definition) is 1. The lowest BCUT2D eigenvalue weighted by Crippen LogP contribution is -2.03. The number of rotatable bonds is 3. The van der Waals surface area contributed by atoms with E-state index in [-0.39, 0.29) is 5.82 Å². The maximum atomic E-state index is 13.8. The second kappa shape index (κ2) is 5.11. The quantitative estimate of drug-likeness (QED) is 0.858. The third-order valence-corrected chi connectivity index (χ3v) is 2.79. The molecule has 0 saturated heterocycles. The lowest BCUT2D eigenvalue weighted by molar-refractivity contribution is 0.630. The molecule has 2 aromatic rings. The van der Waals surface area contributed by atoms with Crippen LogP contribution in [0.3, 0.4) is 0 Å². The first-order chi connectivity index (χ1) is 8.20. The lowest BCUT2D eigenvalue weighted by Gasteiger charge is -2.07. The van der Waals surface area contributed by atoms with Gasteiger partial charge in [-0.3, -0.25) is 0 Å². The highest BCUT2D eigenvalue weighted by Crippen LogP contribution is 2.24. The van der Waals surface area contributed by atoms with Crippen molar-refractivity contribution in [3.63, 3.8) is 0 Å². The Morgan fingerprint density at radius 1 is 1.12 bits per heavy atom. The summed E-state index contributed by atoms with van der Waals surface area (Å²) in [7, 11) is 0. The number of halogens is 1. The third kappa shape index (κ3) is 2.71. The first kappa shape index (κ1) is 11.8. The summed E-state index contributed by atoms with van der Waals surface area (Å²) >= 11 is 0. The number of aryl methyl sites for hydroxylation is 1. The number of hydrogen-bond donors (Lipinski definition) is 1. The van der Waals surface area contributed by atoms with Gasteiger partial charge in [-0.05, 0) is 43.1 Å². The highest BCUT2D eigenvalue weighted by Gasteiger charge is 2.06. The van der Waals surface area contributed by atoms with Crippen molar-refractivity contribution in [2.45, 2.75) is 13.3 Å². The van der Waals surface area contributed by atoms with Gasteiger partial charge in [0.2, 0.25) is 0 Å². The topological polar surface area (TPSA) is 26.0 Å². The lowest BCUT2D eigenvalue weighted by atomic mass is 10.00. The van der Waals surface area contributed by atoms with Crippen LogP contribution < -0.4 is 5.73 Å². The summed E-state index contributed by atoms with van der Waals surface area (Å²) in [6.45, 7) is 2.59. The summed E-state index contributed by atoms with van der Waals surface area (Å²) in [5, 5.41) is 0. The van der Waals surface area contributed by atoms with Crippen molar-refractivity contribution in [3.05, 3.63) is 59.4 Å². The Hall–Kier alpha value is -1.67. The monoisotopic (exact) mass is 229 g/mol. The van der Waals surface area contributed by atoms with Crippen LogP contribution in [0, 0.1) is 12.7 Å². The highest BCUT2D eigenvalue weighted by atomic mass is 19.1. The van der Waals surface area contributed by atoms with Crippen LogP contribution in [0.5, 0.6) is 0 Å². The Labute approximate surface area is 101 Å². The normalized spacial score (nSPS) is 10.5. The van der Waals surface area contributed by atoms with Crippen LogP contribution >= 0.6 is 0 Å². The van der Waals surface area contributed by atoms with Crippen LogP contribution in [0.1, 0.15) is 11.1 Å². The van der Waals surface area contributed by atoms with Gasteiger partial charge in [-0.25, -0.2) is 4.39 Å². The van der Waals surface area contributed by atoms with Crippen molar-refractivity contribution < 1.29 is 4.39 Å². The second-order valence-electron chi connectivity index (χ2n) is 4.22. The van der Waals surface area contributed by atoms with Crippen LogP contribution in [0.25, 0.3) is 11.1 Å². The highest BCUT2D eigenvalue weighted by molar-refractivity contribution is 5.65. The first-order valence-electron chi connectivity index (χ1n) is 5.76. The van der Waals surface area contributed by atoms with E-state index in [9.17, 15) is 4.39 Å². The summed E-state index contributed by atoms with van der Waals surface area (Å²) < 4.78 is 13.8. The van der Waals surface area contributed by atoms with E-state index >= 15 is 0 Å². The maximum absolute atomic E-state index is 13.8. The average molecular weight is 229 g/mol. The molecule has 2 heteroatoms. The molecule has 0 saturated carbocycles. The van der Waals surface area contributed by atoms with E-state index in [0.29, 0.717) is 12.1 Å². The molecule has 17 heavy (non-hydrogen) atoms. The Kier molecular flexibility index (Phi) is 3.55. The molecule has 0 atom stereocenters. The molecule has 88 valence electrons. The molecule has 2 aromatic carbocycles. The number of benzene rings is 2. The zero-order valence-corrected chi connectivity index (χ0v) is 9.91. The van der Waals surface area contributed by atoms with Crippen LogP contribution in [0.2, 0.25) is 0 Å². The molecule has 0 aliphatic heterocycles. The van der Waals surface area contributed by atoms with Crippen LogP contribution in [-0.4, -0.2) is 6.54 Å². The van der Waals surface area contributed by atoms with E-state index in [2.05, 4.69) is 0 Å². The SMILES string of the molecule is Cc1cccc(-c2cc(CCN)ccc2F)c1. The second-order valence-corrected chi connectivity index (χ2v) is 4.22. The molecule has 0 radical (unpaired) electrons. The Bertz CT molecular complexity index is 520. The molecular weight excluding hydrogens is 213 g/mol. The molecule has 0 bridgehead atoms. The minimum absolute atomic E-state index is 0.184. The third-order valence-electron chi connectivity index (χ3n) is 2.79. The molecular formula is C15H16FN. The molecule has 0 fully saturated rings. The number of nitrogens with two attached hydrogens (primary N) is 1. The summed E-state index contributed by atoms with van der Waals surface area (Å²) in [5.74, 6) is -0.184. The van der Waals surface area contributed by atoms with Gasteiger partial charge in [-0.1, -0.05) is 35.9 Å². The molecule has 2 N–H and O–H groups in total. The standard InChI is InChI=1S/C15H16FN/c1-11-3-2-4-13(9-11)14-10-12(7-8-17)5-6-15(14)16/h2-6,9-10H,7-8,17H2,1H3. The van der Waals surface area contributed by atoms with Gasteiger partial charge < -0.3 is 5.73 Å². The smallest absolute Gasteiger partial charge is 0.131 e. The molecule has 1 nitrogen and oxygen atoms in total. The van der Waals surface area contributed by atoms with Crippen LogP contribution in [0.4, 0.5) is 4.39 Å². The molecule has 2 rings (SSSR count). The molecule has 0 heterocycles. The van der Waals surface area contributed by atoms with Crippen LogP contribution in [-0.2, 0) is 6.42 Å². The van der Waals surface area contributed by atoms with Gasteiger partial charge in [-0.2, -0.15) is 0 Å². The Morgan fingerprint density at radius 3 is 2.65 bits per heavy atom. The van der Waals surface area contributed by atoms with Crippen molar-refractivity contribution in [1.29, 1.82) is 0 Å².